The number of nitrogens with zero attached hydrogens (tertiary/aromatic N) is 1. The van der Waals surface area contributed by atoms with E-state index in [9.17, 15) is 4.79 Å². The van der Waals surface area contributed by atoms with E-state index in [1.165, 1.54) is 32.1 Å². The summed E-state index contributed by atoms with van der Waals surface area (Å²) in [7, 11) is 0. The van der Waals surface area contributed by atoms with Gasteiger partial charge in [-0.1, -0.05) is 19.8 Å². The van der Waals surface area contributed by atoms with E-state index < -0.39 is 0 Å². The molecule has 3 rings (SSSR count). The van der Waals surface area contributed by atoms with E-state index in [4.69, 9.17) is 0 Å². The molecule has 0 N–H and O–H groups in total. The number of rotatable bonds is 0. The highest BCUT2D eigenvalue weighted by atomic mass is 16.2. The Morgan fingerprint density at radius 2 is 2.21 bits per heavy atom. The first-order valence-electron chi connectivity index (χ1n) is 6.05. The second-order valence-corrected chi connectivity index (χ2v) is 5.37. The SMILES string of the molecule is C[C@@H]1CCN2C(=O)C[C@@H]3CCCC[C@]312. The summed E-state index contributed by atoms with van der Waals surface area (Å²) in [5.41, 5.74) is 0.315. The van der Waals surface area contributed by atoms with Crippen molar-refractivity contribution in [3.05, 3.63) is 0 Å². The van der Waals surface area contributed by atoms with Gasteiger partial charge in [-0.2, -0.15) is 0 Å². The monoisotopic (exact) mass is 193 g/mol. The first-order chi connectivity index (χ1) is 6.75. The van der Waals surface area contributed by atoms with Gasteiger partial charge in [0.05, 0.1) is 0 Å². The van der Waals surface area contributed by atoms with Gasteiger partial charge < -0.3 is 4.90 Å². The second-order valence-electron chi connectivity index (χ2n) is 5.37. The molecule has 0 bridgehead atoms. The predicted molar refractivity (Wildman–Crippen MR) is 54.8 cm³/mol. The van der Waals surface area contributed by atoms with Gasteiger partial charge >= 0.3 is 0 Å². The van der Waals surface area contributed by atoms with E-state index in [0.717, 1.165) is 18.9 Å². The van der Waals surface area contributed by atoms with Crippen molar-refractivity contribution in [2.45, 2.75) is 51.0 Å². The number of amides is 1. The van der Waals surface area contributed by atoms with E-state index in [2.05, 4.69) is 11.8 Å². The van der Waals surface area contributed by atoms with Crippen molar-refractivity contribution in [1.82, 2.24) is 4.90 Å². The van der Waals surface area contributed by atoms with Gasteiger partial charge in [-0.25, -0.2) is 0 Å². The van der Waals surface area contributed by atoms with Gasteiger partial charge in [0.15, 0.2) is 0 Å². The first-order valence-corrected chi connectivity index (χ1v) is 6.05. The van der Waals surface area contributed by atoms with Crippen LogP contribution in [0.3, 0.4) is 0 Å². The maximum Gasteiger partial charge on any atom is 0.223 e. The van der Waals surface area contributed by atoms with Gasteiger partial charge in [0.1, 0.15) is 0 Å². The molecular formula is C12H19NO. The number of carbonyl (C=O) groups excluding carboxylic acids is 1. The quantitative estimate of drug-likeness (QED) is 0.577. The van der Waals surface area contributed by atoms with Crippen LogP contribution in [-0.2, 0) is 4.79 Å². The largest absolute Gasteiger partial charge is 0.336 e. The normalized spacial score (nSPS) is 46.6. The molecule has 0 aromatic rings. The van der Waals surface area contributed by atoms with Crippen molar-refractivity contribution in [2.24, 2.45) is 11.8 Å². The standard InChI is InChI=1S/C12H19NO/c1-9-5-7-13-11(14)8-10-4-2-3-6-12(9,10)13/h9-10H,2-8H2,1H3/t9-,10+,12-/m1/s1. The Balaban J connectivity index is 2.02. The van der Waals surface area contributed by atoms with Gasteiger partial charge in [0.25, 0.3) is 0 Å². The van der Waals surface area contributed by atoms with Crippen LogP contribution in [-0.4, -0.2) is 22.9 Å². The fourth-order valence-corrected chi connectivity index (χ4v) is 4.26. The minimum atomic E-state index is 0.315. The van der Waals surface area contributed by atoms with Crippen LogP contribution < -0.4 is 0 Å². The molecule has 3 fully saturated rings. The maximum atomic E-state index is 11.9. The molecule has 2 saturated heterocycles. The number of hydrogen-bond donors (Lipinski definition) is 0. The molecule has 1 saturated carbocycles. The lowest BCUT2D eigenvalue weighted by Gasteiger charge is -2.43. The molecule has 2 heteroatoms. The molecule has 2 heterocycles. The lowest BCUT2D eigenvalue weighted by atomic mass is 9.68. The van der Waals surface area contributed by atoms with Gasteiger partial charge in [-0.05, 0) is 31.1 Å². The highest BCUT2D eigenvalue weighted by Crippen LogP contribution is 2.54. The molecule has 0 aromatic heterocycles. The van der Waals surface area contributed by atoms with Crippen LogP contribution >= 0.6 is 0 Å². The summed E-state index contributed by atoms with van der Waals surface area (Å²) in [6, 6.07) is 0. The highest BCUT2D eigenvalue weighted by Gasteiger charge is 2.58. The third-order valence-electron chi connectivity index (χ3n) is 4.95. The molecule has 3 aliphatic rings. The fraction of sp³-hybridized carbons (Fsp3) is 0.917. The van der Waals surface area contributed by atoms with Crippen LogP contribution in [0, 0.1) is 11.8 Å². The Labute approximate surface area is 85.7 Å². The van der Waals surface area contributed by atoms with Crippen molar-refractivity contribution >= 4 is 5.91 Å². The summed E-state index contributed by atoms with van der Waals surface area (Å²) < 4.78 is 0. The van der Waals surface area contributed by atoms with Crippen LogP contribution in [0.4, 0.5) is 0 Å². The van der Waals surface area contributed by atoms with Crippen LogP contribution in [0.1, 0.15) is 45.4 Å². The fourth-order valence-electron chi connectivity index (χ4n) is 4.26. The molecular weight excluding hydrogens is 174 g/mol. The maximum absolute atomic E-state index is 11.9. The minimum Gasteiger partial charge on any atom is -0.336 e. The highest BCUT2D eigenvalue weighted by molar-refractivity contribution is 5.81. The van der Waals surface area contributed by atoms with Crippen molar-refractivity contribution in [2.75, 3.05) is 6.54 Å². The van der Waals surface area contributed by atoms with E-state index >= 15 is 0 Å². The summed E-state index contributed by atoms with van der Waals surface area (Å²) in [6.07, 6.45) is 7.36. The summed E-state index contributed by atoms with van der Waals surface area (Å²) in [6.45, 7) is 3.40. The third-order valence-corrected chi connectivity index (χ3v) is 4.95. The molecule has 78 valence electrons. The lowest BCUT2D eigenvalue weighted by molar-refractivity contribution is -0.130. The summed E-state index contributed by atoms with van der Waals surface area (Å²) in [4.78, 5) is 14.1. The van der Waals surface area contributed by atoms with Gasteiger partial charge in [-0.3, -0.25) is 4.79 Å². The number of hydrogen-bond acceptors (Lipinski definition) is 1. The zero-order valence-corrected chi connectivity index (χ0v) is 8.96. The summed E-state index contributed by atoms with van der Waals surface area (Å²) in [5, 5.41) is 0. The molecule has 1 spiro atoms. The van der Waals surface area contributed by atoms with Crippen LogP contribution in [0.15, 0.2) is 0 Å². The molecule has 2 nitrogen and oxygen atoms in total. The predicted octanol–water partition coefficient (Wildman–Crippen LogP) is 2.19. The molecule has 1 amide bonds. The number of carbonyl (C=O) groups is 1. The molecule has 3 atom stereocenters. The van der Waals surface area contributed by atoms with Gasteiger partial charge in [0, 0.05) is 18.5 Å². The van der Waals surface area contributed by atoms with Crippen LogP contribution in [0.25, 0.3) is 0 Å². The van der Waals surface area contributed by atoms with Gasteiger partial charge in [-0.15, -0.1) is 0 Å². The minimum absolute atomic E-state index is 0.315. The molecule has 14 heavy (non-hydrogen) atoms. The third kappa shape index (κ3) is 0.850. The topological polar surface area (TPSA) is 20.3 Å². The van der Waals surface area contributed by atoms with Crippen LogP contribution in [0.5, 0.6) is 0 Å². The Morgan fingerprint density at radius 3 is 3.07 bits per heavy atom. The molecule has 1 aliphatic carbocycles. The second kappa shape index (κ2) is 2.74. The van der Waals surface area contributed by atoms with E-state index in [0.29, 0.717) is 17.4 Å². The Bertz CT molecular complexity index is 275. The molecule has 2 aliphatic heterocycles. The summed E-state index contributed by atoms with van der Waals surface area (Å²) in [5.74, 6) is 1.89. The Morgan fingerprint density at radius 1 is 1.36 bits per heavy atom. The molecule has 0 aromatic carbocycles. The van der Waals surface area contributed by atoms with Crippen molar-refractivity contribution in [1.29, 1.82) is 0 Å². The smallest absolute Gasteiger partial charge is 0.223 e. The van der Waals surface area contributed by atoms with E-state index in [1.54, 1.807) is 0 Å². The molecule has 0 radical (unpaired) electrons. The first kappa shape index (κ1) is 8.75. The van der Waals surface area contributed by atoms with Gasteiger partial charge in [0.2, 0.25) is 5.91 Å². The van der Waals surface area contributed by atoms with E-state index in [1.807, 2.05) is 0 Å². The zero-order chi connectivity index (χ0) is 9.76. The Hall–Kier alpha value is -0.530. The Kier molecular flexibility index (Phi) is 1.71. The zero-order valence-electron chi connectivity index (χ0n) is 8.96. The lowest BCUT2D eigenvalue weighted by Crippen LogP contribution is -2.49. The van der Waals surface area contributed by atoms with Crippen molar-refractivity contribution in [3.8, 4) is 0 Å². The van der Waals surface area contributed by atoms with Crippen LogP contribution in [0.2, 0.25) is 0 Å². The van der Waals surface area contributed by atoms with E-state index in [-0.39, 0.29) is 0 Å². The van der Waals surface area contributed by atoms with Crippen molar-refractivity contribution < 1.29 is 4.79 Å². The average molecular weight is 193 g/mol. The average Bonchev–Trinajstić information content (AvgIpc) is 2.63. The summed E-state index contributed by atoms with van der Waals surface area (Å²) >= 11 is 0. The van der Waals surface area contributed by atoms with Crippen molar-refractivity contribution in [3.63, 3.8) is 0 Å². The molecule has 0 unspecified atom stereocenters.